The molecule has 26 heavy (non-hydrogen) atoms. The maximum absolute atomic E-state index is 12.1. The molecule has 3 aromatic rings. The average Bonchev–Trinajstić information content (AvgIpc) is 2.96. The minimum atomic E-state index is -1.17. The summed E-state index contributed by atoms with van der Waals surface area (Å²) in [7, 11) is 0. The molecule has 0 unspecified atom stereocenters. The van der Waals surface area contributed by atoms with Gasteiger partial charge in [-0.2, -0.15) is 0 Å². The first-order valence-electron chi connectivity index (χ1n) is 7.59. The lowest BCUT2D eigenvalue weighted by Gasteiger charge is -2.07. The number of aromatic nitrogens is 2. The van der Waals surface area contributed by atoms with E-state index in [1.54, 1.807) is 0 Å². The van der Waals surface area contributed by atoms with E-state index >= 15 is 0 Å². The number of carbonyl (C=O) groups excluding carboxylic acids is 1. The first-order chi connectivity index (χ1) is 12.3. The van der Waals surface area contributed by atoms with Gasteiger partial charge >= 0.3 is 5.97 Å². The number of H-pyrrole nitrogens is 1. The van der Waals surface area contributed by atoms with Crippen LogP contribution in [0.1, 0.15) is 21.5 Å². The lowest BCUT2D eigenvalue weighted by molar-refractivity contribution is -0.113. The van der Waals surface area contributed by atoms with E-state index in [9.17, 15) is 14.4 Å². The highest BCUT2D eigenvalue weighted by molar-refractivity contribution is 7.99. The van der Waals surface area contributed by atoms with Gasteiger partial charge in [0.25, 0.3) is 5.56 Å². The summed E-state index contributed by atoms with van der Waals surface area (Å²) in [6.07, 6.45) is 0. The highest BCUT2D eigenvalue weighted by Crippen LogP contribution is 2.23. The molecular weight excluding hydrogens is 374 g/mol. The Bertz CT molecular complexity index is 1050. The maximum Gasteiger partial charge on any atom is 0.337 e. The quantitative estimate of drug-likeness (QED) is 0.457. The number of benzene rings is 1. The fraction of sp³-hybridized carbons (Fsp3) is 0.176. The lowest BCUT2D eigenvalue weighted by atomic mass is 10.1. The number of rotatable bonds is 5. The molecule has 0 saturated carbocycles. The number of thiophene rings is 1. The second-order valence-corrected chi connectivity index (χ2v) is 7.54. The van der Waals surface area contributed by atoms with Crippen molar-refractivity contribution in [1.82, 2.24) is 9.97 Å². The van der Waals surface area contributed by atoms with Gasteiger partial charge < -0.3 is 15.4 Å². The number of nitrogens with zero attached hydrogens (tertiary/aromatic N) is 1. The number of aryl methyl sites for hydroxylation is 2. The Morgan fingerprint density at radius 3 is 2.62 bits per heavy atom. The summed E-state index contributed by atoms with van der Waals surface area (Å²) in [5.74, 6) is -1.32. The Balaban J connectivity index is 1.72. The Kier molecular flexibility index (Phi) is 5.10. The minimum Gasteiger partial charge on any atom is -0.478 e. The third-order valence-electron chi connectivity index (χ3n) is 3.50. The van der Waals surface area contributed by atoms with E-state index in [-0.39, 0.29) is 27.8 Å². The number of anilines is 1. The summed E-state index contributed by atoms with van der Waals surface area (Å²) in [6.45, 7) is 3.90. The minimum absolute atomic E-state index is 0.0616. The summed E-state index contributed by atoms with van der Waals surface area (Å²) in [6, 6.07) is 5.77. The molecule has 0 aliphatic rings. The lowest BCUT2D eigenvalue weighted by Crippen LogP contribution is -2.16. The van der Waals surface area contributed by atoms with Gasteiger partial charge in [-0.1, -0.05) is 17.8 Å². The molecule has 3 N–H and O–H groups in total. The van der Waals surface area contributed by atoms with Crippen LogP contribution in [0.3, 0.4) is 0 Å². The number of hydrogen-bond donors (Lipinski definition) is 3. The van der Waals surface area contributed by atoms with Crippen LogP contribution < -0.4 is 10.9 Å². The van der Waals surface area contributed by atoms with E-state index in [0.29, 0.717) is 4.83 Å². The van der Waals surface area contributed by atoms with E-state index in [0.717, 1.165) is 39.9 Å². The van der Waals surface area contributed by atoms with Crippen molar-refractivity contribution in [3.8, 4) is 0 Å². The van der Waals surface area contributed by atoms with Crippen molar-refractivity contribution >= 4 is 50.9 Å². The number of fused-ring (bicyclic) bond motifs is 1. The standard InChI is InChI=1S/C17H15N3O4S2/c1-8-3-9(2)5-10(4-8)18-12(21)7-26-17-19-14(22)13-11(16(23)24)6-25-15(13)20-17/h3-6H,7H2,1-2H3,(H,18,21)(H,23,24)(H,19,20,22). The van der Waals surface area contributed by atoms with Gasteiger partial charge in [0.05, 0.1) is 16.7 Å². The molecular formula is C17H15N3O4S2. The molecule has 0 aliphatic carbocycles. The van der Waals surface area contributed by atoms with Crippen LogP contribution in [0.4, 0.5) is 5.69 Å². The molecule has 0 atom stereocenters. The fourth-order valence-electron chi connectivity index (χ4n) is 2.53. The fourth-order valence-corrected chi connectivity index (χ4v) is 4.16. The molecule has 1 aromatic carbocycles. The van der Waals surface area contributed by atoms with E-state index in [1.165, 1.54) is 5.38 Å². The Morgan fingerprint density at radius 2 is 1.96 bits per heavy atom. The van der Waals surface area contributed by atoms with Gasteiger partial charge in [-0.05, 0) is 37.1 Å². The summed E-state index contributed by atoms with van der Waals surface area (Å²) in [5, 5.41) is 13.6. The molecule has 3 rings (SSSR count). The van der Waals surface area contributed by atoms with Crippen molar-refractivity contribution in [1.29, 1.82) is 0 Å². The topological polar surface area (TPSA) is 112 Å². The Labute approximate surface area is 156 Å². The van der Waals surface area contributed by atoms with Crippen molar-refractivity contribution in [2.75, 3.05) is 11.1 Å². The van der Waals surface area contributed by atoms with Crippen LogP contribution in [0.15, 0.2) is 33.5 Å². The molecule has 0 aliphatic heterocycles. The van der Waals surface area contributed by atoms with Crippen LogP contribution in [-0.2, 0) is 4.79 Å². The number of amides is 1. The zero-order chi connectivity index (χ0) is 18.8. The van der Waals surface area contributed by atoms with Crippen molar-refractivity contribution < 1.29 is 14.7 Å². The predicted octanol–water partition coefficient (Wildman–Crippen LogP) is 3.03. The van der Waals surface area contributed by atoms with E-state index in [1.807, 2.05) is 32.0 Å². The van der Waals surface area contributed by atoms with Crippen LogP contribution in [0.2, 0.25) is 0 Å². The van der Waals surface area contributed by atoms with Crippen LogP contribution in [-0.4, -0.2) is 32.7 Å². The van der Waals surface area contributed by atoms with E-state index in [4.69, 9.17) is 5.11 Å². The number of hydrogen-bond acceptors (Lipinski definition) is 6. The monoisotopic (exact) mass is 389 g/mol. The molecule has 0 bridgehead atoms. The van der Waals surface area contributed by atoms with Crippen LogP contribution in [0, 0.1) is 13.8 Å². The normalized spacial score (nSPS) is 10.8. The molecule has 2 aromatic heterocycles. The zero-order valence-corrected chi connectivity index (χ0v) is 15.6. The molecule has 1 amide bonds. The number of carbonyl (C=O) groups is 2. The number of aromatic amines is 1. The first kappa shape index (κ1) is 18.2. The van der Waals surface area contributed by atoms with Crippen LogP contribution in [0.5, 0.6) is 0 Å². The smallest absolute Gasteiger partial charge is 0.337 e. The number of nitrogens with one attached hydrogen (secondary N) is 2. The number of carboxylic acids is 1. The van der Waals surface area contributed by atoms with Gasteiger partial charge in [-0.25, -0.2) is 9.78 Å². The van der Waals surface area contributed by atoms with Crippen molar-refractivity contribution in [3.05, 3.63) is 50.6 Å². The molecule has 0 saturated heterocycles. The van der Waals surface area contributed by atoms with E-state index < -0.39 is 11.5 Å². The molecule has 0 spiro atoms. The van der Waals surface area contributed by atoms with Gasteiger partial charge in [0, 0.05) is 11.1 Å². The van der Waals surface area contributed by atoms with Crippen molar-refractivity contribution in [2.45, 2.75) is 19.0 Å². The predicted molar refractivity (Wildman–Crippen MR) is 102 cm³/mol. The number of thioether (sulfide) groups is 1. The molecule has 0 radical (unpaired) electrons. The second-order valence-electron chi connectivity index (χ2n) is 5.72. The van der Waals surface area contributed by atoms with E-state index in [2.05, 4.69) is 15.3 Å². The highest BCUT2D eigenvalue weighted by atomic mass is 32.2. The maximum atomic E-state index is 12.1. The van der Waals surface area contributed by atoms with Crippen LogP contribution in [0.25, 0.3) is 10.2 Å². The Morgan fingerprint density at radius 1 is 1.27 bits per heavy atom. The molecule has 9 heteroatoms. The second kappa shape index (κ2) is 7.30. The van der Waals surface area contributed by atoms with Gasteiger partial charge in [0.2, 0.25) is 5.91 Å². The highest BCUT2D eigenvalue weighted by Gasteiger charge is 2.16. The summed E-state index contributed by atoms with van der Waals surface area (Å²) in [4.78, 5) is 42.5. The molecule has 7 nitrogen and oxygen atoms in total. The largest absolute Gasteiger partial charge is 0.478 e. The average molecular weight is 389 g/mol. The van der Waals surface area contributed by atoms with Gasteiger partial charge in [0.15, 0.2) is 5.16 Å². The number of aromatic carboxylic acids is 1. The summed E-state index contributed by atoms with van der Waals surface area (Å²) in [5.41, 5.74) is 2.23. The third kappa shape index (κ3) is 3.94. The van der Waals surface area contributed by atoms with Gasteiger partial charge in [-0.15, -0.1) is 11.3 Å². The molecule has 2 heterocycles. The zero-order valence-electron chi connectivity index (χ0n) is 14.0. The van der Waals surface area contributed by atoms with Crippen molar-refractivity contribution in [3.63, 3.8) is 0 Å². The Hall–Kier alpha value is -2.65. The number of carboxylic acid groups (broad SMARTS) is 1. The molecule has 134 valence electrons. The summed E-state index contributed by atoms with van der Waals surface area (Å²) < 4.78 is 0. The van der Waals surface area contributed by atoms with Crippen LogP contribution >= 0.6 is 23.1 Å². The third-order valence-corrected chi connectivity index (χ3v) is 5.24. The SMILES string of the molecule is Cc1cc(C)cc(NC(=O)CSc2nc3scc(C(=O)O)c3c(=O)[nH]2)c1. The van der Waals surface area contributed by atoms with Crippen molar-refractivity contribution in [2.24, 2.45) is 0 Å². The molecule has 0 fully saturated rings. The first-order valence-corrected chi connectivity index (χ1v) is 9.46. The van der Waals surface area contributed by atoms with Gasteiger partial charge in [-0.3, -0.25) is 9.59 Å². The van der Waals surface area contributed by atoms with Gasteiger partial charge in [0.1, 0.15) is 4.83 Å². The summed E-state index contributed by atoms with van der Waals surface area (Å²) >= 11 is 2.17.